The summed E-state index contributed by atoms with van der Waals surface area (Å²) in [7, 11) is 0. The van der Waals surface area contributed by atoms with E-state index in [9.17, 15) is 4.39 Å². The first-order chi connectivity index (χ1) is 16.4. The normalized spacial score (nSPS) is 11.4. The van der Waals surface area contributed by atoms with Crippen LogP contribution in [0, 0.1) is 18.6 Å². The number of aromatic nitrogens is 5. The van der Waals surface area contributed by atoms with E-state index in [-0.39, 0.29) is 29.7 Å². The van der Waals surface area contributed by atoms with Crippen LogP contribution in [-0.4, -0.2) is 56.3 Å². The Labute approximate surface area is 200 Å². The molecule has 0 saturated carbocycles. The molecule has 0 radical (unpaired) electrons. The zero-order chi connectivity index (χ0) is 24.2. The summed E-state index contributed by atoms with van der Waals surface area (Å²) in [5, 5.41) is 13.6. The number of pyridine rings is 1. The number of likely N-dealkylation sites (N-methyl/N-ethyl adjacent to an activating group) is 1. The van der Waals surface area contributed by atoms with Crippen molar-refractivity contribution in [3.63, 3.8) is 0 Å². The van der Waals surface area contributed by atoms with Gasteiger partial charge < -0.3 is 15.4 Å². The summed E-state index contributed by atoms with van der Waals surface area (Å²) in [5.74, 6) is -2.07. The average molecular weight is 486 g/mol. The van der Waals surface area contributed by atoms with E-state index in [0.717, 1.165) is 33.8 Å². The van der Waals surface area contributed by atoms with Gasteiger partial charge in [0.1, 0.15) is 18.1 Å². The predicted octanol–water partition coefficient (Wildman–Crippen LogP) is 4.34. The number of nitrogens with two attached hydrogens (primary N) is 1. The van der Waals surface area contributed by atoms with E-state index >= 15 is 4.39 Å². The van der Waals surface area contributed by atoms with Crippen molar-refractivity contribution in [2.75, 3.05) is 32.0 Å². The van der Waals surface area contributed by atoms with Crippen molar-refractivity contribution < 1.29 is 13.5 Å². The number of nitrogen functional groups attached to an aromatic ring is 1. The average Bonchev–Trinajstić information content (AvgIpc) is 3.49. The molecule has 0 saturated heterocycles. The van der Waals surface area contributed by atoms with Gasteiger partial charge in [0, 0.05) is 23.2 Å². The van der Waals surface area contributed by atoms with Gasteiger partial charge >= 0.3 is 0 Å². The zero-order valence-electron chi connectivity index (χ0n) is 19.1. The Morgan fingerprint density at radius 1 is 1.15 bits per heavy atom. The summed E-state index contributed by atoms with van der Waals surface area (Å²) in [5.41, 5.74) is 8.29. The number of ether oxygens (including phenoxy) is 1. The van der Waals surface area contributed by atoms with E-state index in [1.165, 1.54) is 12.1 Å². The highest BCUT2D eigenvalue weighted by Gasteiger charge is 2.22. The summed E-state index contributed by atoms with van der Waals surface area (Å²) in [6.45, 7) is 8.61. The molecule has 0 bridgehead atoms. The number of anilines is 1. The highest BCUT2D eigenvalue weighted by molar-refractivity contribution is 7.13. The van der Waals surface area contributed by atoms with Crippen LogP contribution in [-0.2, 0) is 0 Å². The summed E-state index contributed by atoms with van der Waals surface area (Å²) in [4.78, 5) is 7.37. The highest BCUT2D eigenvalue weighted by atomic mass is 32.1. The molecule has 3 aromatic heterocycles. The van der Waals surface area contributed by atoms with Gasteiger partial charge in [-0.1, -0.05) is 13.8 Å². The van der Waals surface area contributed by atoms with Crippen LogP contribution in [0.5, 0.6) is 5.75 Å². The van der Waals surface area contributed by atoms with Gasteiger partial charge in [-0.15, -0.1) is 16.4 Å². The Hall–Kier alpha value is -3.44. The molecule has 0 unspecified atom stereocenters. The topological polar surface area (TPSA) is 95.0 Å². The molecule has 2 N–H and O–H groups in total. The number of halogens is 2. The Kier molecular flexibility index (Phi) is 7.13. The Bertz CT molecular complexity index is 1290. The van der Waals surface area contributed by atoms with Gasteiger partial charge in [0.2, 0.25) is 5.82 Å². The van der Waals surface area contributed by atoms with Crippen molar-refractivity contribution >= 4 is 17.2 Å². The van der Waals surface area contributed by atoms with Crippen LogP contribution in [0.2, 0.25) is 0 Å². The molecule has 34 heavy (non-hydrogen) atoms. The molecule has 4 rings (SSSR count). The van der Waals surface area contributed by atoms with Gasteiger partial charge in [-0.05, 0) is 65.6 Å². The molecule has 3 heterocycles. The summed E-state index contributed by atoms with van der Waals surface area (Å²) < 4.78 is 36.5. The predicted molar refractivity (Wildman–Crippen MR) is 128 cm³/mol. The fourth-order valence-corrected chi connectivity index (χ4v) is 4.39. The third-order valence-electron chi connectivity index (χ3n) is 5.46. The number of nitrogens with zero attached hydrogens (tertiary/aromatic N) is 6. The van der Waals surface area contributed by atoms with Crippen LogP contribution in [0.3, 0.4) is 0 Å². The van der Waals surface area contributed by atoms with Crippen LogP contribution < -0.4 is 10.5 Å². The molecule has 0 spiro atoms. The third kappa shape index (κ3) is 4.75. The third-order valence-corrected chi connectivity index (χ3v) is 6.56. The minimum absolute atomic E-state index is 0.147. The second-order valence-corrected chi connectivity index (χ2v) is 8.56. The first kappa shape index (κ1) is 23.7. The SMILES string of the molecule is CCN(CC)CCOc1ccc(-n2nnnc2-c2cc(-c3cc(C)cs3)cnc2N)c(F)c1F. The monoisotopic (exact) mass is 485 g/mol. The maximum Gasteiger partial charge on any atom is 0.202 e. The quantitative estimate of drug-likeness (QED) is 0.377. The molecule has 1 aromatic carbocycles. The van der Waals surface area contributed by atoms with Gasteiger partial charge in [0.15, 0.2) is 17.4 Å². The highest BCUT2D eigenvalue weighted by Crippen LogP contribution is 2.33. The van der Waals surface area contributed by atoms with Crippen molar-refractivity contribution in [1.82, 2.24) is 30.1 Å². The molecule has 4 aromatic rings. The molecule has 178 valence electrons. The number of hydrogen-bond donors (Lipinski definition) is 1. The molecular weight excluding hydrogens is 460 g/mol. The maximum absolute atomic E-state index is 15.1. The summed E-state index contributed by atoms with van der Waals surface area (Å²) in [6, 6.07) is 6.56. The lowest BCUT2D eigenvalue weighted by molar-refractivity contribution is 0.215. The first-order valence-corrected chi connectivity index (χ1v) is 11.7. The number of hydrogen-bond acceptors (Lipinski definition) is 8. The second kappa shape index (κ2) is 10.2. The van der Waals surface area contributed by atoms with Crippen molar-refractivity contribution in [1.29, 1.82) is 0 Å². The molecule has 0 atom stereocenters. The molecule has 11 heteroatoms. The number of tetrazole rings is 1. The second-order valence-electron chi connectivity index (χ2n) is 7.65. The van der Waals surface area contributed by atoms with Crippen LogP contribution >= 0.6 is 11.3 Å². The van der Waals surface area contributed by atoms with E-state index in [2.05, 4.69) is 25.4 Å². The smallest absolute Gasteiger partial charge is 0.202 e. The van der Waals surface area contributed by atoms with Gasteiger partial charge in [0.05, 0.1) is 5.56 Å². The van der Waals surface area contributed by atoms with Crippen LogP contribution in [0.15, 0.2) is 35.8 Å². The van der Waals surface area contributed by atoms with Crippen molar-refractivity contribution in [3.05, 3.63) is 53.0 Å². The lowest BCUT2D eigenvalue weighted by atomic mass is 10.1. The Balaban J connectivity index is 1.65. The van der Waals surface area contributed by atoms with Crippen molar-refractivity contribution in [2.24, 2.45) is 0 Å². The molecule has 0 aliphatic heterocycles. The minimum atomic E-state index is -1.12. The van der Waals surface area contributed by atoms with E-state index in [1.54, 1.807) is 23.6 Å². The van der Waals surface area contributed by atoms with Gasteiger partial charge in [0.25, 0.3) is 0 Å². The van der Waals surface area contributed by atoms with Gasteiger partial charge in [-0.3, -0.25) is 0 Å². The van der Waals surface area contributed by atoms with E-state index in [4.69, 9.17) is 10.5 Å². The number of benzene rings is 1. The van der Waals surface area contributed by atoms with Gasteiger partial charge in [-0.25, -0.2) is 9.37 Å². The molecule has 0 amide bonds. The zero-order valence-corrected chi connectivity index (χ0v) is 19.9. The fourth-order valence-electron chi connectivity index (χ4n) is 3.51. The van der Waals surface area contributed by atoms with Crippen molar-refractivity contribution in [3.8, 4) is 33.3 Å². The van der Waals surface area contributed by atoms with E-state index < -0.39 is 11.6 Å². The largest absolute Gasteiger partial charge is 0.489 e. The lowest BCUT2D eigenvalue weighted by Crippen LogP contribution is -2.28. The number of rotatable bonds is 9. The molecular formula is C23H25F2N7OS. The van der Waals surface area contributed by atoms with Gasteiger partial charge in [-0.2, -0.15) is 9.07 Å². The van der Waals surface area contributed by atoms with Crippen LogP contribution in [0.25, 0.3) is 27.5 Å². The van der Waals surface area contributed by atoms with E-state index in [1.807, 2.05) is 32.2 Å². The lowest BCUT2D eigenvalue weighted by Gasteiger charge is -2.18. The van der Waals surface area contributed by atoms with E-state index in [0.29, 0.717) is 12.1 Å². The van der Waals surface area contributed by atoms with Crippen LogP contribution in [0.1, 0.15) is 19.4 Å². The fraction of sp³-hybridized carbons (Fsp3) is 0.304. The first-order valence-electron chi connectivity index (χ1n) is 10.9. The minimum Gasteiger partial charge on any atom is -0.489 e. The number of aryl methyl sites for hydroxylation is 1. The van der Waals surface area contributed by atoms with Crippen LogP contribution in [0.4, 0.5) is 14.6 Å². The molecule has 0 aliphatic carbocycles. The summed E-state index contributed by atoms with van der Waals surface area (Å²) in [6.07, 6.45) is 1.66. The Morgan fingerprint density at radius 3 is 2.65 bits per heavy atom. The standard InChI is InChI=1S/C23H25F2N7OS/c1-4-31(5-2)8-9-33-18-7-6-17(20(24)21(18)25)32-23(28-29-30-32)16-11-15(12-27-22(16)26)19-10-14(3)13-34-19/h6-7,10-13H,4-5,8-9H2,1-3H3,(H2,26,27). The molecule has 8 nitrogen and oxygen atoms in total. The Morgan fingerprint density at radius 2 is 1.94 bits per heavy atom. The molecule has 0 aliphatic rings. The number of thiophene rings is 1. The summed E-state index contributed by atoms with van der Waals surface area (Å²) >= 11 is 1.57. The maximum atomic E-state index is 15.1. The van der Waals surface area contributed by atoms with Crippen molar-refractivity contribution in [2.45, 2.75) is 20.8 Å². The molecule has 0 fully saturated rings.